The van der Waals surface area contributed by atoms with Gasteiger partial charge in [0.15, 0.2) is 0 Å². The van der Waals surface area contributed by atoms with Crippen molar-refractivity contribution in [3.8, 4) is 0 Å². The molecule has 3 heteroatoms. The number of carbonyl (C=O) groups excluding carboxylic acids is 1. The second-order valence-electron chi connectivity index (χ2n) is 5.67. The van der Waals surface area contributed by atoms with Gasteiger partial charge in [-0.1, -0.05) is 25.7 Å². The molecule has 0 aromatic carbocycles. The Labute approximate surface area is 105 Å². The highest BCUT2D eigenvalue weighted by molar-refractivity contribution is 5.76. The van der Waals surface area contributed by atoms with Crippen molar-refractivity contribution in [2.75, 3.05) is 13.1 Å². The Kier molecular flexibility index (Phi) is 5.30. The van der Waals surface area contributed by atoms with Gasteiger partial charge in [0.05, 0.1) is 0 Å². The van der Waals surface area contributed by atoms with E-state index in [1.165, 1.54) is 44.9 Å². The minimum Gasteiger partial charge on any atom is -0.352 e. The molecular weight excluding hydrogens is 212 g/mol. The second kappa shape index (κ2) is 7.00. The van der Waals surface area contributed by atoms with Crippen LogP contribution < -0.4 is 10.6 Å². The smallest absolute Gasteiger partial charge is 0.220 e. The molecule has 2 aliphatic rings. The van der Waals surface area contributed by atoms with Gasteiger partial charge in [0.1, 0.15) is 0 Å². The quantitative estimate of drug-likeness (QED) is 0.791. The van der Waals surface area contributed by atoms with Gasteiger partial charge in [-0.2, -0.15) is 0 Å². The van der Waals surface area contributed by atoms with E-state index in [1.54, 1.807) is 0 Å². The highest BCUT2D eigenvalue weighted by Crippen LogP contribution is 2.26. The molecular formula is C14H26N2O. The van der Waals surface area contributed by atoms with Gasteiger partial charge in [0, 0.05) is 19.0 Å². The first-order valence-electron chi connectivity index (χ1n) is 7.34. The standard InChI is InChI=1S/C14H26N2O/c17-14(10-12-6-2-1-3-7-12)16-13-8-4-5-9-15-11-13/h12-13,15H,1-11H2,(H,16,17). The topological polar surface area (TPSA) is 41.1 Å². The molecule has 2 fully saturated rings. The molecule has 0 bridgehead atoms. The van der Waals surface area contributed by atoms with Crippen LogP contribution in [0.25, 0.3) is 0 Å². The number of rotatable bonds is 3. The van der Waals surface area contributed by atoms with Crippen LogP contribution in [0.5, 0.6) is 0 Å². The maximum absolute atomic E-state index is 12.0. The summed E-state index contributed by atoms with van der Waals surface area (Å²) >= 11 is 0. The van der Waals surface area contributed by atoms with Gasteiger partial charge in [0.2, 0.25) is 5.91 Å². The lowest BCUT2D eigenvalue weighted by Gasteiger charge is -2.23. The fraction of sp³-hybridized carbons (Fsp3) is 0.929. The summed E-state index contributed by atoms with van der Waals surface area (Å²) in [5.74, 6) is 0.938. The first-order chi connectivity index (χ1) is 8.34. The summed E-state index contributed by atoms with van der Waals surface area (Å²) in [5.41, 5.74) is 0. The molecule has 1 amide bonds. The van der Waals surface area contributed by atoms with Crippen LogP contribution in [0, 0.1) is 5.92 Å². The fourth-order valence-electron chi connectivity index (χ4n) is 3.08. The van der Waals surface area contributed by atoms with Crippen LogP contribution in [0.3, 0.4) is 0 Å². The van der Waals surface area contributed by atoms with E-state index in [-0.39, 0.29) is 5.91 Å². The summed E-state index contributed by atoms with van der Waals surface area (Å²) in [6, 6.07) is 0.369. The molecule has 1 saturated carbocycles. The van der Waals surface area contributed by atoms with Gasteiger partial charge in [-0.05, 0) is 38.1 Å². The predicted octanol–water partition coefficient (Wildman–Crippen LogP) is 2.22. The Morgan fingerprint density at radius 2 is 1.82 bits per heavy atom. The zero-order chi connectivity index (χ0) is 11.9. The van der Waals surface area contributed by atoms with Crippen molar-refractivity contribution in [2.45, 2.75) is 63.8 Å². The number of nitrogens with one attached hydrogen (secondary N) is 2. The number of hydrogen-bond donors (Lipinski definition) is 2. The van der Waals surface area contributed by atoms with Crippen LogP contribution >= 0.6 is 0 Å². The Morgan fingerprint density at radius 3 is 2.65 bits per heavy atom. The number of carbonyl (C=O) groups is 1. The van der Waals surface area contributed by atoms with Crippen LogP contribution in [-0.4, -0.2) is 25.0 Å². The van der Waals surface area contributed by atoms with Crippen LogP contribution in [0.1, 0.15) is 57.8 Å². The van der Waals surface area contributed by atoms with Gasteiger partial charge < -0.3 is 10.6 Å². The SMILES string of the molecule is O=C(CC1CCCCC1)NC1CCCCNC1. The molecule has 3 nitrogen and oxygen atoms in total. The third-order valence-electron chi connectivity index (χ3n) is 4.11. The third kappa shape index (κ3) is 4.66. The predicted molar refractivity (Wildman–Crippen MR) is 69.8 cm³/mol. The first kappa shape index (κ1) is 12.9. The lowest BCUT2D eigenvalue weighted by molar-refractivity contribution is -0.122. The van der Waals surface area contributed by atoms with E-state index in [9.17, 15) is 4.79 Å². The van der Waals surface area contributed by atoms with Crippen molar-refractivity contribution in [2.24, 2.45) is 5.92 Å². The Bertz CT molecular complexity index is 228. The summed E-state index contributed by atoms with van der Waals surface area (Å²) in [6.45, 7) is 2.06. The molecule has 1 saturated heterocycles. The number of amides is 1. The highest BCUT2D eigenvalue weighted by Gasteiger charge is 2.19. The van der Waals surface area contributed by atoms with Gasteiger partial charge in [-0.25, -0.2) is 0 Å². The van der Waals surface area contributed by atoms with Crippen LogP contribution in [0.4, 0.5) is 0 Å². The van der Waals surface area contributed by atoms with Crippen molar-refractivity contribution >= 4 is 5.91 Å². The lowest BCUT2D eigenvalue weighted by atomic mass is 9.87. The zero-order valence-electron chi connectivity index (χ0n) is 10.8. The maximum Gasteiger partial charge on any atom is 0.220 e. The molecule has 0 aromatic heterocycles. The first-order valence-corrected chi connectivity index (χ1v) is 7.34. The van der Waals surface area contributed by atoms with Gasteiger partial charge >= 0.3 is 0 Å². The Morgan fingerprint density at radius 1 is 1.06 bits per heavy atom. The van der Waals surface area contributed by atoms with Crippen molar-refractivity contribution in [3.05, 3.63) is 0 Å². The van der Waals surface area contributed by atoms with Gasteiger partial charge in [-0.15, -0.1) is 0 Å². The molecule has 0 radical (unpaired) electrons. The van der Waals surface area contributed by atoms with E-state index in [4.69, 9.17) is 0 Å². The highest BCUT2D eigenvalue weighted by atomic mass is 16.1. The van der Waals surface area contributed by atoms with E-state index < -0.39 is 0 Å². The molecule has 1 heterocycles. The van der Waals surface area contributed by atoms with E-state index in [1.807, 2.05) is 0 Å². The third-order valence-corrected chi connectivity index (χ3v) is 4.11. The van der Waals surface area contributed by atoms with Crippen LogP contribution in [0.2, 0.25) is 0 Å². The molecule has 1 unspecified atom stereocenters. The second-order valence-corrected chi connectivity index (χ2v) is 5.67. The van der Waals surface area contributed by atoms with Gasteiger partial charge in [-0.3, -0.25) is 4.79 Å². The van der Waals surface area contributed by atoms with Crippen LogP contribution in [0.15, 0.2) is 0 Å². The van der Waals surface area contributed by atoms with Gasteiger partial charge in [0.25, 0.3) is 0 Å². The zero-order valence-corrected chi connectivity index (χ0v) is 10.8. The molecule has 2 rings (SSSR count). The summed E-state index contributed by atoms with van der Waals surface area (Å²) < 4.78 is 0. The minimum absolute atomic E-state index is 0.283. The summed E-state index contributed by atoms with van der Waals surface area (Å²) in [7, 11) is 0. The summed E-state index contributed by atoms with van der Waals surface area (Å²) in [6.07, 6.45) is 10.9. The Balaban J connectivity index is 1.68. The van der Waals surface area contributed by atoms with Crippen molar-refractivity contribution in [1.29, 1.82) is 0 Å². The molecule has 1 aliphatic carbocycles. The van der Waals surface area contributed by atoms with Crippen molar-refractivity contribution < 1.29 is 4.79 Å². The van der Waals surface area contributed by atoms with Crippen molar-refractivity contribution in [1.82, 2.24) is 10.6 Å². The average molecular weight is 238 g/mol. The summed E-state index contributed by atoms with van der Waals surface area (Å²) in [5, 5.41) is 6.60. The minimum atomic E-state index is 0.283. The number of hydrogen-bond acceptors (Lipinski definition) is 2. The maximum atomic E-state index is 12.0. The molecule has 2 N–H and O–H groups in total. The summed E-state index contributed by atoms with van der Waals surface area (Å²) in [4.78, 5) is 12.0. The average Bonchev–Trinajstić information content (AvgIpc) is 2.59. The van der Waals surface area contributed by atoms with E-state index in [0.717, 1.165) is 25.9 Å². The lowest BCUT2D eigenvalue weighted by Crippen LogP contribution is -2.41. The van der Waals surface area contributed by atoms with Crippen LogP contribution in [-0.2, 0) is 4.79 Å². The molecule has 1 aliphatic heterocycles. The van der Waals surface area contributed by atoms with E-state index >= 15 is 0 Å². The normalized spacial score (nSPS) is 27.4. The van der Waals surface area contributed by atoms with Crippen molar-refractivity contribution in [3.63, 3.8) is 0 Å². The molecule has 0 aromatic rings. The molecule has 1 atom stereocenters. The fourth-order valence-corrected chi connectivity index (χ4v) is 3.08. The monoisotopic (exact) mass is 238 g/mol. The Hall–Kier alpha value is -0.570. The molecule has 17 heavy (non-hydrogen) atoms. The van der Waals surface area contributed by atoms with E-state index in [2.05, 4.69) is 10.6 Å². The van der Waals surface area contributed by atoms with E-state index in [0.29, 0.717) is 12.0 Å². The molecule has 98 valence electrons. The molecule has 0 spiro atoms. The largest absolute Gasteiger partial charge is 0.352 e.